The van der Waals surface area contributed by atoms with E-state index in [-0.39, 0.29) is 18.2 Å². The van der Waals surface area contributed by atoms with Crippen molar-refractivity contribution in [3.63, 3.8) is 0 Å². The first-order chi connectivity index (χ1) is 11.0. The van der Waals surface area contributed by atoms with E-state index in [0.29, 0.717) is 23.9 Å². The smallest absolute Gasteiger partial charge is 0.242 e. The van der Waals surface area contributed by atoms with Crippen LogP contribution in [0.15, 0.2) is 27.7 Å². The third-order valence-corrected chi connectivity index (χ3v) is 5.27. The third kappa shape index (κ3) is 4.35. The molecule has 7 heteroatoms. The summed E-state index contributed by atoms with van der Waals surface area (Å²) in [6, 6.07) is 5.72. The van der Waals surface area contributed by atoms with Crippen LogP contribution in [0.25, 0.3) is 0 Å². The summed E-state index contributed by atoms with van der Waals surface area (Å²) in [5, 5.41) is 3.17. The van der Waals surface area contributed by atoms with Crippen molar-refractivity contribution in [2.24, 2.45) is 4.99 Å². The summed E-state index contributed by atoms with van der Waals surface area (Å²) in [7, 11) is 0. The highest BCUT2D eigenvalue weighted by atomic mass is 79.9. The van der Waals surface area contributed by atoms with Gasteiger partial charge in [0.15, 0.2) is 5.17 Å². The van der Waals surface area contributed by atoms with Gasteiger partial charge in [0.2, 0.25) is 11.8 Å². The lowest BCUT2D eigenvalue weighted by molar-refractivity contribution is -0.128. The van der Waals surface area contributed by atoms with Gasteiger partial charge in [-0.1, -0.05) is 17.8 Å². The summed E-state index contributed by atoms with van der Waals surface area (Å²) >= 11 is 4.81. The molecular weight excluding hydrogens is 378 g/mol. The number of hydrogen-bond acceptors (Lipinski definition) is 4. The first-order valence-electron chi connectivity index (χ1n) is 7.54. The Morgan fingerprint density at radius 3 is 2.78 bits per heavy atom. The van der Waals surface area contributed by atoms with Gasteiger partial charge in [-0.2, -0.15) is 0 Å². The summed E-state index contributed by atoms with van der Waals surface area (Å²) in [6.07, 6.45) is 0.142. The van der Waals surface area contributed by atoms with E-state index in [2.05, 4.69) is 26.2 Å². The van der Waals surface area contributed by atoms with Gasteiger partial charge in [-0.25, -0.2) is 0 Å². The average molecular weight is 398 g/mol. The molecule has 0 aliphatic carbocycles. The number of anilines is 1. The number of amides is 2. The highest BCUT2D eigenvalue weighted by Crippen LogP contribution is 2.30. The molecule has 1 aliphatic rings. The zero-order valence-corrected chi connectivity index (χ0v) is 15.8. The number of hydrogen-bond donors (Lipinski definition) is 1. The molecule has 0 radical (unpaired) electrons. The fourth-order valence-corrected chi connectivity index (χ4v) is 4.14. The van der Waals surface area contributed by atoms with Crippen LogP contribution in [0, 0.1) is 6.92 Å². The van der Waals surface area contributed by atoms with Crippen LogP contribution in [0.3, 0.4) is 0 Å². The number of aryl methyl sites for hydroxylation is 1. The van der Waals surface area contributed by atoms with Crippen LogP contribution in [0.4, 0.5) is 5.69 Å². The molecule has 0 aromatic heterocycles. The molecule has 124 valence electrons. The highest BCUT2D eigenvalue weighted by molar-refractivity contribution is 9.10. The first-order valence-corrected chi connectivity index (χ1v) is 9.22. The van der Waals surface area contributed by atoms with E-state index in [1.807, 2.05) is 39.0 Å². The molecule has 2 amide bonds. The third-order valence-electron chi connectivity index (χ3n) is 3.40. The fourth-order valence-electron chi connectivity index (χ4n) is 2.28. The number of benzene rings is 1. The lowest BCUT2D eigenvalue weighted by atomic mass is 10.2. The molecule has 1 aromatic carbocycles. The topological polar surface area (TPSA) is 61.8 Å². The van der Waals surface area contributed by atoms with Crippen LogP contribution in [-0.2, 0) is 9.59 Å². The lowest BCUT2D eigenvalue weighted by Gasteiger charge is -2.13. The summed E-state index contributed by atoms with van der Waals surface area (Å²) in [6.45, 7) is 7.03. The Labute approximate surface area is 149 Å². The monoisotopic (exact) mass is 397 g/mol. The quantitative estimate of drug-likeness (QED) is 0.827. The van der Waals surface area contributed by atoms with E-state index in [4.69, 9.17) is 0 Å². The molecule has 1 N–H and O–H groups in total. The maximum atomic E-state index is 12.4. The van der Waals surface area contributed by atoms with Crippen LogP contribution in [0.1, 0.15) is 25.8 Å². The number of carbonyl (C=O) groups is 2. The van der Waals surface area contributed by atoms with Crippen molar-refractivity contribution < 1.29 is 9.59 Å². The maximum Gasteiger partial charge on any atom is 0.242 e. The molecule has 0 unspecified atom stereocenters. The minimum absolute atomic E-state index is 0.0391. The van der Waals surface area contributed by atoms with Crippen molar-refractivity contribution in [3.05, 3.63) is 28.2 Å². The first kappa shape index (κ1) is 18.0. The normalized spacial score (nSPS) is 19.5. The molecule has 23 heavy (non-hydrogen) atoms. The second-order valence-electron chi connectivity index (χ2n) is 5.18. The SMILES string of the molecule is CCN=C1S[C@H](CC(=O)Nc2ccc(C)cc2Br)C(=O)N1CC. The summed E-state index contributed by atoms with van der Waals surface area (Å²) in [4.78, 5) is 30.6. The molecule has 1 heterocycles. The summed E-state index contributed by atoms with van der Waals surface area (Å²) < 4.78 is 0.833. The van der Waals surface area contributed by atoms with Crippen molar-refractivity contribution in [2.45, 2.75) is 32.4 Å². The molecule has 5 nitrogen and oxygen atoms in total. The van der Waals surface area contributed by atoms with Crippen molar-refractivity contribution in [1.29, 1.82) is 0 Å². The van der Waals surface area contributed by atoms with Crippen LogP contribution in [-0.4, -0.2) is 40.2 Å². The number of carbonyl (C=O) groups excluding carboxylic acids is 2. The zero-order chi connectivity index (χ0) is 17.0. The number of thioether (sulfide) groups is 1. The van der Waals surface area contributed by atoms with Crippen molar-refractivity contribution in [2.75, 3.05) is 18.4 Å². The van der Waals surface area contributed by atoms with Gasteiger partial charge in [0, 0.05) is 24.0 Å². The molecule has 2 rings (SSSR count). The Kier molecular flexibility index (Phi) is 6.24. The minimum Gasteiger partial charge on any atom is -0.325 e. The largest absolute Gasteiger partial charge is 0.325 e. The number of nitrogens with one attached hydrogen (secondary N) is 1. The van der Waals surface area contributed by atoms with Crippen LogP contribution >= 0.6 is 27.7 Å². The average Bonchev–Trinajstić information content (AvgIpc) is 2.78. The number of rotatable bonds is 5. The number of aliphatic imine (C=N–C) groups is 1. The van der Waals surface area contributed by atoms with E-state index in [1.165, 1.54) is 11.8 Å². The molecule has 0 bridgehead atoms. The number of nitrogens with zero attached hydrogens (tertiary/aromatic N) is 2. The Hall–Kier alpha value is -1.34. The van der Waals surface area contributed by atoms with Crippen LogP contribution in [0.5, 0.6) is 0 Å². The van der Waals surface area contributed by atoms with Gasteiger partial charge in [-0.3, -0.25) is 19.5 Å². The van der Waals surface area contributed by atoms with Crippen LogP contribution in [0.2, 0.25) is 0 Å². The second-order valence-corrected chi connectivity index (χ2v) is 7.21. The second kappa shape index (κ2) is 7.97. The van der Waals surface area contributed by atoms with E-state index >= 15 is 0 Å². The van der Waals surface area contributed by atoms with Gasteiger partial charge in [-0.05, 0) is 54.4 Å². The van der Waals surface area contributed by atoms with Gasteiger partial charge in [0.1, 0.15) is 5.25 Å². The van der Waals surface area contributed by atoms with E-state index in [0.717, 1.165) is 10.0 Å². The molecule has 1 aliphatic heterocycles. The van der Waals surface area contributed by atoms with Crippen molar-refractivity contribution in [3.8, 4) is 0 Å². The lowest BCUT2D eigenvalue weighted by Crippen LogP contribution is -2.33. The molecule has 1 atom stereocenters. The Morgan fingerprint density at radius 1 is 1.43 bits per heavy atom. The van der Waals surface area contributed by atoms with Gasteiger partial charge in [-0.15, -0.1) is 0 Å². The number of amidine groups is 1. The van der Waals surface area contributed by atoms with Crippen molar-refractivity contribution >= 4 is 50.4 Å². The maximum absolute atomic E-state index is 12.4. The summed E-state index contributed by atoms with van der Waals surface area (Å²) in [5.74, 6) is -0.211. The van der Waals surface area contributed by atoms with E-state index in [9.17, 15) is 9.59 Å². The minimum atomic E-state index is -0.399. The van der Waals surface area contributed by atoms with Gasteiger partial charge in [0.25, 0.3) is 0 Å². The Bertz CT molecular complexity index is 648. The van der Waals surface area contributed by atoms with Gasteiger partial charge < -0.3 is 5.32 Å². The van der Waals surface area contributed by atoms with Crippen molar-refractivity contribution in [1.82, 2.24) is 4.90 Å². The van der Waals surface area contributed by atoms with Gasteiger partial charge in [0.05, 0.1) is 5.69 Å². The number of halogens is 1. The summed E-state index contributed by atoms with van der Waals surface area (Å²) in [5.41, 5.74) is 1.82. The molecule has 0 spiro atoms. The predicted octanol–water partition coefficient (Wildman–Crippen LogP) is 3.43. The predicted molar refractivity (Wildman–Crippen MR) is 98.9 cm³/mol. The molecule has 1 saturated heterocycles. The van der Waals surface area contributed by atoms with Gasteiger partial charge >= 0.3 is 0 Å². The van der Waals surface area contributed by atoms with Crippen LogP contribution < -0.4 is 5.32 Å². The molecule has 1 fully saturated rings. The van der Waals surface area contributed by atoms with E-state index < -0.39 is 5.25 Å². The van der Waals surface area contributed by atoms with E-state index in [1.54, 1.807) is 4.90 Å². The molecular formula is C16H20BrN3O2S. The Morgan fingerprint density at radius 2 is 2.17 bits per heavy atom. The molecule has 1 aromatic rings. The standard InChI is InChI=1S/C16H20BrN3O2S/c1-4-18-16-20(5-2)15(22)13(23-16)9-14(21)19-12-7-6-10(3)8-11(12)17/h6-8,13H,4-5,9H2,1-3H3,(H,19,21)/t13-/m1/s1. The zero-order valence-electron chi connectivity index (χ0n) is 13.4. The molecule has 0 saturated carbocycles. The fraction of sp³-hybridized carbons (Fsp3) is 0.438. The Balaban J connectivity index is 2.03. The highest BCUT2D eigenvalue weighted by Gasteiger charge is 2.38.